The van der Waals surface area contributed by atoms with Crippen LogP contribution in [-0.2, 0) is 16.1 Å². The minimum Gasteiger partial charge on any atom is -0.450 e. The lowest BCUT2D eigenvalue weighted by atomic mass is 9.90. The summed E-state index contributed by atoms with van der Waals surface area (Å²) in [5.41, 5.74) is 1.60. The molecule has 158 valence electrons. The molecule has 29 heavy (non-hydrogen) atoms. The summed E-state index contributed by atoms with van der Waals surface area (Å²) in [6, 6.07) is 10.8. The van der Waals surface area contributed by atoms with E-state index < -0.39 is 0 Å². The smallest absolute Gasteiger partial charge is 0.409 e. The Kier molecular flexibility index (Phi) is 6.09. The van der Waals surface area contributed by atoms with E-state index in [1.165, 1.54) is 5.56 Å². The predicted octanol–water partition coefficient (Wildman–Crippen LogP) is 3.03. The molecule has 1 saturated carbocycles. The maximum Gasteiger partial charge on any atom is 0.409 e. The Labute approximate surface area is 173 Å². The van der Waals surface area contributed by atoms with Crippen LogP contribution in [0, 0.1) is 11.3 Å². The highest BCUT2D eigenvalue weighted by Gasteiger charge is 2.58. The maximum absolute atomic E-state index is 12.8. The zero-order valence-electron chi connectivity index (χ0n) is 17.4. The molecule has 1 aliphatic carbocycles. The number of hydrogen-bond acceptors (Lipinski definition) is 4. The van der Waals surface area contributed by atoms with Crippen molar-refractivity contribution in [1.29, 1.82) is 0 Å². The first-order valence-electron chi connectivity index (χ1n) is 11.1. The van der Waals surface area contributed by atoms with Gasteiger partial charge in [0.05, 0.1) is 6.61 Å². The molecular weight excluding hydrogens is 366 g/mol. The first-order valence-corrected chi connectivity index (χ1v) is 11.1. The fraction of sp³-hybridized carbons (Fsp3) is 0.652. The fourth-order valence-electron chi connectivity index (χ4n) is 4.99. The van der Waals surface area contributed by atoms with Crippen molar-refractivity contribution in [2.45, 2.75) is 51.6 Å². The number of carbonyl (C=O) groups excluding carboxylic acids is 2. The van der Waals surface area contributed by atoms with Gasteiger partial charge in [-0.25, -0.2) is 4.79 Å². The van der Waals surface area contributed by atoms with Crippen molar-refractivity contribution in [2.75, 3.05) is 32.8 Å². The van der Waals surface area contributed by atoms with E-state index in [1.54, 1.807) is 4.90 Å². The Hall–Kier alpha value is -2.08. The molecule has 1 unspecified atom stereocenters. The molecule has 2 amide bonds. The average molecular weight is 400 g/mol. The van der Waals surface area contributed by atoms with Gasteiger partial charge in [0.15, 0.2) is 0 Å². The number of benzene rings is 1. The molecule has 3 aliphatic rings. The third kappa shape index (κ3) is 4.74. The second-order valence-electron chi connectivity index (χ2n) is 8.85. The molecule has 4 rings (SSSR count). The van der Waals surface area contributed by atoms with Gasteiger partial charge in [-0.05, 0) is 63.1 Å². The lowest BCUT2D eigenvalue weighted by molar-refractivity contribution is -0.124. The number of hydrogen-bond donors (Lipinski definition) is 1. The molecule has 2 heterocycles. The summed E-state index contributed by atoms with van der Waals surface area (Å²) < 4.78 is 5.06. The number of amides is 2. The fourth-order valence-corrected chi connectivity index (χ4v) is 4.99. The Morgan fingerprint density at radius 3 is 2.45 bits per heavy atom. The van der Waals surface area contributed by atoms with Crippen molar-refractivity contribution in [3.8, 4) is 0 Å². The summed E-state index contributed by atoms with van der Waals surface area (Å²) >= 11 is 0. The van der Waals surface area contributed by atoms with Crippen molar-refractivity contribution in [1.82, 2.24) is 15.1 Å². The summed E-state index contributed by atoms with van der Waals surface area (Å²) in [6.45, 7) is 6.71. The van der Waals surface area contributed by atoms with Crippen LogP contribution >= 0.6 is 0 Å². The van der Waals surface area contributed by atoms with Crippen LogP contribution in [0.4, 0.5) is 4.79 Å². The van der Waals surface area contributed by atoms with Crippen LogP contribution in [0.2, 0.25) is 0 Å². The van der Waals surface area contributed by atoms with Crippen LogP contribution in [0.15, 0.2) is 30.3 Å². The molecule has 1 aromatic carbocycles. The standard InChI is InChI=1S/C23H33N3O3/c1-2-29-22(28)26-12-8-19(9-13-26)24-21(27)20-16-23(20)10-14-25(15-11-23)17-18-6-4-3-5-7-18/h3-7,19-20H,2,8-17H2,1H3,(H,24,27). The highest BCUT2D eigenvalue weighted by molar-refractivity contribution is 5.83. The molecule has 0 radical (unpaired) electrons. The SMILES string of the molecule is CCOC(=O)N1CCC(NC(=O)C2CC23CCN(Cc2ccccc2)CC3)CC1. The highest BCUT2D eigenvalue weighted by Crippen LogP contribution is 2.59. The average Bonchev–Trinajstić information content (AvgIpc) is 3.45. The minimum atomic E-state index is -0.235. The largest absolute Gasteiger partial charge is 0.450 e. The monoisotopic (exact) mass is 399 g/mol. The molecule has 0 aromatic heterocycles. The van der Waals surface area contributed by atoms with Crippen LogP contribution in [0.1, 0.15) is 44.6 Å². The van der Waals surface area contributed by atoms with Crippen LogP contribution in [0.3, 0.4) is 0 Å². The van der Waals surface area contributed by atoms with E-state index in [-0.39, 0.29) is 29.4 Å². The van der Waals surface area contributed by atoms with Crippen LogP contribution in [0.25, 0.3) is 0 Å². The summed E-state index contributed by atoms with van der Waals surface area (Å²) in [6.07, 6.45) is 4.68. The molecule has 6 nitrogen and oxygen atoms in total. The van der Waals surface area contributed by atoms with E-state index in [4.69, 9.17) is 4.74 Å². The lowest BCUT2D eigenvalue weighted by Gasteiger charge is -2.34. The van der Waals surface area contributed by atoms with E-state index >= 15 is 0 Å². The van der Waals surface area contributed by atoms with Crippen molar-refractivity contribution < 1.29 is 14.3 Å². The van der Waals surface area contributed by atoms with Gasteiger partial charge in [-0.2, -0.15) is 0 Å². The van der Waals surface area contributed by atoms with E-state index in [0.717, 1.165) is 51.7 Å². The Morgan fingerprint density at radius 1 is 1.10 bits per heavy atom. The van der Waals surface area contributed by atoms with Crippen LogP contribution in [-0.4, -0.2) is 60.6 Å². The number of ether oxygens (including phenoxy) is 1. The van der Waals surface area contributed by atoms with Crippen molar-refractivity contribution in [3.05, 3.63) is 35.9 Å². The summed E-state index contributed by atoms with van der Waals surface area (Å²) in [5, 5.41) is 3.26. The van der Waals surface area contributed by atoms with Gasteiger partial charge >= 0.3 is 6.09 Å². The lowest BCUT2D eigenvalue weighted by Crippen LogP contribution is -2.47. The molecule has 2 saturated heterocycles. The van der Waals surface area contributed by atoms with Crippen molar-refractivity contribution >= 4 is 12.0 Å². The Balaban J connectivity index is 1.19. The minimum absolute atomic E-state index is 0.184. The zero-order chi connectivity index (χ0) is 20.3. The van der Waals surface area contributed by atoms with E-state index in [1.807, 2.05) is 6.92 Å². The number of carbonyl (C=O) groups is 2. The van der Waals surface area contributed by atoms with Gasteiger partial charge in [0, 0.05) is 31.6 Å². The highest BCUT2D eigenvalue weighted by atomic mass is 16.6. The van der Waals surface area contributed by atoms with Crippen LogP contribution < -0.4 is 5.32 Å². The number of nitrogens with zero attached hydrogens (tertiary/aromatic N) is 2. The third-order valence-electron chi connectivity index (χ3n) is 6.97. The van der Waals surface area contributed by atoms with Gasteiger partial charge in [-0.1, -0.05) is 30.3 Å². The predicted molar refractivity (Wildman–Crippen MR) is 111 cm³/mol. The number of nitrogens with one attached hydrogen (secondary N) is 1. The van der Waals surface area contributed by atoms with Gasteiger partial charge in [0.25, 0.3) is 0 Å². The van der Waals surface area contributed by atoms with Gasteiger partial charge in [-0.15, -0.1) is 0 Å². The molecule has 1 aromatic rings. The van der Waals surface area contributed by atoms with E-state index in [2.05, 4.69) is 40.5 Å². The molecular formula is C23H33N3O3. The second kappa shape index (κ2) is 8.74. The normalized spacial score (nSPS) is 24.3. The molecule has 2 aliphatic heterocycles. The molecule has 1 atom stereocenters. The second-order valence-corrected chi connectivity index (χ2v) is 8.85. The third-order valence-corrected chi connectivity index (χ3v) is 6.97. The van der Waals surface area contributed by atoms with E-state index in [0.29, 0.717) is 19.7 Å². The first kappa shape index (κ1) is 20.2. The molecule has 0 bridgehead atoms. The van der Waals surface area contributed by atoms with Crippen LogP contribution in [0.5, 0.6) is 0 Å². The van der Waals surface area contributed by atoms with Crippen molar-refractivity contribution in [3.63, 3.8) is 0 Å². The molecule has 1 spiro atoms. The van der Waals surface area contributed by atoms with E-state index in [9.17, 15) is 9.59 Å². The summed E-state index contributed by atoms with van der Waals surface area (Å²) in [4.78, 5) is 28.9. The first-order chi connectivity index (χ1) is 14.1. The number of likely N-dealkylation sites (tertiary alicyclic amines) is 2. The maximum atomic E-state index is 12.8. The van der Waals surface area contributed by atoms with Crippen molar-refractivity contribution in [2.24, 2.45) is 11.3 Å². The van der Waals surface area contributed by atoms with Gasteiger partial charge in [0.1, 0.15) is 0 Å². The topological polar surface area (TPSA) is 61.9 Å². The quantitative estimate of drug-likeness (QED) is 0.827. The van der Waals surface area contributed by atoms with Gasteiger partial charge in [0.2, 0.25) is 5.91 Å². The molecule has 6 heteroatoms. The van der Waals surface area contributed by atoms with Gasteiger partial charge in [-0.3, -0.25) is 9.69 Å². The molecule has 1 N–H and O–H groups in total. The summed E-state index contributed by atoms with van der Waals surface area (Å²) in [5.74, 6) is 0.417. The zero-order valence-corrected chi connectivity index (χ0v) is 17.4. The van der Waals surface area contributed by atoms with Gasteiger partial charge < -0.3 is 15.0 Å². The Bertz CT molecular complexity index is 707. The Morgan fingerprint density at radius 2 is 1.79 bits per heavy atom. The molecule has 3 fully saturated rings. The summed E-state index contributed by atoms with van der Waals surface area (Å²) in [7, 11) is 0. The number of rotatable bonds is 5. The number of piperidine rings is 2.